The Kier molecular flexibility index (Phi) is 8.83. The van der Waals surface area contributed by atoms with Gasteiger partial charge in [-0.25, -0.2) is 17.9 Å². The zero-order chi connectivity index (χ0) is 34.9. The molecule has 5 aromatic carbocycles. The summed E-state index contributed by atoms with van der Waals surface area (Å²) in [6.45, 7) is 1.81. The predicted octanol–water partition coefficient (Wildman–Crippen LogP) is 8.42. The van der Waals surface area contributed by atoms with Gasteiger partial charge in [-0.2, -0.15) is 0 Å². The molecule has 2 heterocycles. The van der Waals surface area contributed by atoms with Crippen LogP contribution in [0.15, 0.2) is 122 Å². The minimum absolute atomic E-state index is 0.246. The Bertz CT molecular complexity index is 2390. The normalized spacial score (nSPS) is 12.5. The molecule has 0 fully saturated rings. The zero-order valence-electron chi connectivity index (χ0n) is 27.5. The van der Waals surface area contributed by atoms with Crippen molar-refractivity contribution in [3.63, 3.8) is 0 Å². The van der Waals surface area contributed by atoms with E-state index >= 15 is 0 Å². The molecule has 11 heteroatoms. The van der Waals surface area contributed by atoms with E-state index in [-0.39, 0.29) is 11.4 Å². The lowest BCUT2D eigenvalue weighted by molar-refractivity contribution is 0.0940. The van der Waals surface area contributed by atoms with Crippen LogP contribution in [0, 0.1) is 5.82 Å². The summed E-state index contributed by atoms with van der Waals surface area (Å²) in [5.74, 6) is -0.261. The van der Waals surface area contributed by atoms with Gasteiger partial charge in [0.15, 0.2) is 5.82 Å². The molecule has 0 saturated heterocycles. The number of hydrogen-bond acceptors (Lipinski definition) is 5. The maximum atomic E-state index is 13.9. The van der Waals surface area contributed by atoms with E-state index in [1.807, 2.05) is 79.7 Å². The molecule has 3 N–H and O–H groups in total. The Hall–Kier alpha value is -5.91. The molecule has 0 spiro atoms. The van der Waals surface area contributed by atoms with Gasteiger partial charge in [-0.3, -0.25) is 14.3 Å². The lowest BCUT2D eigenvalue weighted by Crippen LogP contribution is -2.27. The number of benzene rings is 5. The second-order valence-electron chi connectivity index (χ2n) is 12.1. The first-order chi connectivity index (χ1) is 24.2. The molecular weight excluding hydrogens is 652 g/mol. The smallest absolute Gasteiger partial charge is 0.266 e. The van der Waals surface area contributed by atoms with Crippen LogP contribution in [0.5, 0.6) is 0 Å². The number of hydrogen-bond donors (Lipinski definition) is 3. The maximum Gasteiger partial charge on any atom is 0.266 e. The second-order valence-corrected chi connectivity index (χ2v) is 13.0. The van der Waals surface area contributed by atoms with Crippen LogP contribution in [-0.2, 0) is 11.3 Å². The molecule has 9 nitrogen and oxygen atoms in total. The molecule has 0 radical (unpaired) electrons. The minimum atomic E-state index is -2.53. The van der Waals surface area contributed by atoms with E-state index in [4.69, 9.17) is 0 Å². The number of pyridine rings is 1. The number of carbonyl (C=O) groups is 1. The number of aromatic nitrogens is 3. The number of amides is 1. The molecule has 2 unspecified atom stereocenters. The predicted molar refractivity (Wildman–Crippen MR) is 198 cm³/mol. The summed E-state index contributed by atoms with van der Waals surface area (Å²) in [4.78, 5) is 28.4. The lowest BCUT2D eigenvalue weighted by atomic mass is 10.0. The van der Waals surface area contributed by atoms with Crippen LogP contribution >= 0.6 is 0 Å². The fourth-order valence-electron chi connectivity index (χ4n) is 6.10. The molecule has 7 aromatic rings. The summed E-state index contributed by atoms with van der Waals surface area (Å²) in [5.41, 5.74) is 4.50. The summed E-state index contributed by atoms with van der Waals surface area (Å²) in [5, 5.41) is 6.66. The summed E-state index contributed by atoms with van der Waals surface area (Å²) < 4.78 is 39.0. The molecule has 50 heavy (non-hydrogen) atoms. The van der Waals surface area contributed by atoms with Gasteiger partial charge < -0.3 is 15.2 Å². The molecule has 2 atom stereocenters. The average molecular weight is 685 g/mol. The fraction of sp³-hybridized carbons (Fsp3) is 0.103. The highest BCUT2D eigenvalue weighted by atomic mass is 32.2. The Morgan fingerprint density at radius 2 is 1.54 bits per heavy atom. The number of imidazole rings is 1. The number of H-pyrrole nitrogens is 1. The van der Waals surface area contributed by atoms with Gasteiger partial charge in [0, 0.05) is 53.3 Å². The van der Waals surface area contributed by atoms with Crippen molar-refractivity contribution in [1.82, 2.24) is 20.3 Å². The van der Waals surface area contributed by atoms with Crippen molar-refractivity contribution < 1.29 is 17.9 Å². The van der Waals surface area contributed by atoms with E-state index in [9.17, 15) is 17.9 Å². The van der Waals surface area contributed by atoms with Crippen LogP contribution in [0.3, 0.4) is 0 Å². The number of rotatable bonds is 9. The number of aromatic amines is 1. The van der Waals surface area contributed by atoms with Crippen molar-refractivity contribution in [3.8, 4) is 22.8 Å². The fourth-order valence-corrected chi connectivity index (χ4v) is 6.71. The van der Waals surface area contributed by atoms with Gasteiger partial charge in [0.1, 0.15) is 11.5 Å². The Labute approximate surface area is 290 Å². The molecule has 0 aliphatic rings. The molecule has 0 aliphatic heterocycles. The topological polar surface area (TPSA) is 114 Å². The standard InChI is InChI=1S/C39H33FN6O3S/c1-24(25-14-16-30(40)17-15-25)43-39(47)29-18-28(35-23-42-38(44-35)34-21-26-8-4-5-9-27(26)22-41-34)19-31(20-29)46(50(48)49)37-13-7-10-32-33(37)11-6-12-36(32)45(2)3/h4-24H,1-3H3,(H,42,44)(H,43,47)(H,48,49). The van der Waals surface area contributed by atoms with E-state index in [1.54, 1.807) is 55.7 Å². The SMILES string of the molecule is CC(NC(=O)c1cc(-c2cnc(-c3cc4ccccc4cn3)[nH]2)cc(N(c2cccc3c(N(C)C)cccc23)S(=O)O)c1)c1ccc(F)cc1. The number of fused-ring (bicyclic) bond motifs is 2. The third-order valence-corrected chi connectivity index (χ3v) is 9.35. The van der Waals surface area contributed by atoms with Crippen LogP contribution in [0.1, 0.15) is 28.9 Å². The molecule has 2 aromatic heterocycles. The molecule has 1 amide bonds. The second kappa shape index (κ2) is 13.5. The van der Waals surface area contributed by atoms with Crippen LogP contribution in [0.25, 0.3) is 44.3 Å². The highest BCUT2D eigenvalue weighted by Crippen LogP contribution is 2.39. The number of carbonyl (C=O) groups excluding carboxylic acids is 1. The Balaban J connectivity index is 1.34. The maximum absolute atomic E-state index is 13.9. The number of nitrogens with one attached hydrogen (secondary N) is 2. The van der Waals surface area contributed by atoms with Crippen molar-refractivity contribution >= 4 is 55.8 Å². The summed E-state index contributed by atoms with van der Waals surface area (Å²) in [6, 6.07) is 31.7. The monoisotopic (exact) mass is 684 g/mol. The van der Waals surface area contributed by atoms with Crippen molar-refractivity contribution in [3.05, 3.63) is 139 Å². The summed E-state index contributed by atoms with van der Waals surface area (Å²) >= 11 is -2.53. The van der Waals surface area contributed by atoms with Gasteiger partial charge in [0.2, 0.25) is 0 Å². The van der Waals surface area contributed by atoms with Crippen LogP contribution in [0.4, 0.5) is 21.5 Å². The van der Waals surface area contributed by atoms with Crippen LogP contribution in [-0.4, -0.2) is 43.7 Å². The van der Waals surface area contributed by atoms with Crippen LogP contribution in [0.2, 0.25) is 0 Å². The van der Waals surface area contributed by atoms with Gasteiger partial charge >= 0.3 is 0 Å². The van der Waals surface area contributed by atoms with E-state index in [2.05, 4.69) is 20.3 Å². The van der Waals surface area contributed by atoms with Gasteiger partial charge in [0.05, 0.1) is 29.3 Å². The molecule has 0 bridgehead atoms. The highest BCUT2D eigenvalue weighted by molar-refractivity contribution is 7.81. The molecule has 0 saturated carbocycles. The van der Waals surface area contributed by atoms with Gasteiger partial charge in [-0.05, 0) is 66.4 Å². The van der Waals surface area contributed by atoms with Gasteiger partial charge in [0.25, 0.3) is 17.2 Å². The number of anilines is 3. The molecule has 7 rings (SSSR count). The third kappa shape index (κ3) is 6.43. The first kappa shape index (κ1) is 32.6. The largest absolute Gasteiger partial charge is 0.377 e. The number of nitrogens with zero attached hydrogens (tertiary/aromatic N) is 4. The average Bonchev–Trinajstić information content (AvgIpc) is 3.62. The quantitative estimate of drug-likeness (QED) is 0.132. The minimum Gasteiger partial charge on any atom is -0.377 e. The van der Waals surface area contributed by atoms with Crippen molar-refractivity contribution in [2.75, 3.05) is 23.3 Å². The zero-order valence-corrected chi connectivity index (χ0v) is 28.3. The molecular formula is C39H33FN6O3S. The Morgan fingerprint density at radius 1 is 0.840 bits per heavy atom. The van der Waals surface area contributed by atoms with Crippen molar-refractivity contribution in [1.29, 1.82) is 0 Å². The molecule has 0 aliphatic carbocycles. The van der Waals surface area contributed by atoms with Crippen LogP contribution < -0.4 is 14.5 Å². The van der Waals surface area contributed by atoms with E-state index in [1.165, 1.54) is 16.4 Å². The highest BCUT2D eigenvalue weighted by Gasteiger charge is 2.23. The van der Waals surface area contributed by atoms with E-state index in [0.717, 1.165) is 32.8 Å². The summed E-state index contributed by atoms with van der Waals surface area (Å²) in [6.07, 6.45) is 3.44. The first-order valence-electron chi connectivity index (χ1n) is 15.9. The Morgan fingerprint density at radius 3 is 2.26 bits per heavy atom. The van der Waals surface area contributed by atoms with E-state index in [0.29, 0.717) is 34.2 Å². The third-order valence-electron chi connectivity index (χ3n) is 8.63. The molecule has 250 valence electrons. The van der Waals surface area contributed by atoms with Gasteiger partial charge in [-0.1, -0.05) is 60.7 Å². The first-order valence-corrected chi connectivity index (χ1v) is 16.9. The van der Waals surface area contributed by atoms with E-state index < -0.39 is 23.2 Å². The van der Waals surface area contributed by atoms with Crippen molar-refractivity contribution in [2.45, 2.75) is 13.0 Å². The number of halogens is 1. The van der Waals surface area contributed by atoms with Crippen molar-refractivity contribution in [2.24, 2.45) is 0 Å². The lowest BCUT2D eigenvalue weighted by Gasteiger charge is -2.24. The summed E-state index contributed by atoms with van der Waals surface area (Å²) in [7, 11) is 3.88. The van der Waals surface area contributed by atoms with Gasteiger partial charge in [-0.15, -0.1) is 0 Å².